The molecule has 4 rings (SSSR count). The van der Waals surface area contributed by atoms with Gasteiger partial charge in [-0.2, -0.15) is 0 Å². The first-order valence-corrected chi connectivity index (χ1v) is 9.45. The molecule has 1 saturated carbocycles. The Morgan fingerprint density at radius 2 is 2.04 bits per heavy atom. The normalized spacial score (nSPS) is 18.3. The van der Waals surface area contributed by atoms with E-state index in [0.29, 0.717) is 36.0 Å². The third-order valence-corrected chi connectivity index (χ3v) is 5.60. The van der Waals surface area contributed by atoms with Crippen LogP contribution < -0.4 is 5.73 Å². The molecule has 2 N–H and O–H groups in total. The number of amides is 2. The fourth-order valence-corrected chi connectivity index (χ4v) is 4.19. The average molecular weight is 368 g/mol. The van der Waals surface area contributed by atoms with Crippen LogP contribution in [0.3, 0.4) is 0 Å². The van der Waals surface area contributed by atoms with E-state index in [9.17, 15) is 9.59 Å². The Bertz CT molecular complexity index is 850. The fourth-order valence-electron chi connectivity index (χ4n) is 4.19. The molecule has 0 radical (unpaired) electrons. The summed E-state index contributed by atoms with van der Waals surface area (Å²) in [6.07, 6.45) is 4.55. The number of carbonyl (C=O) groups is 2. The van der Waals surface area contributed by atoms with E-state index < -0.39 is 0 Å². The molecule has 1 saturated heterocycles. The minimum absolute atomic E-state index is 0.0526. The molecule has 27 heavy (non-hydrogen) atoms. The number of anilines is 1. The molecule has 2 amide bonds. The lowest BCUT2D eigenvalue weighted by Crippen LogP contribution is -2.54. The summed E-state index contributed by atoms with van der Waals surface area (Å²) in [6.45, 7) is 3.14. The lowest BCUT2D eigenvalue weighted by molar-refractivity contribution is -0.137. The molecular weight excluding hydrogens is 344 g/mol. The zero-order chi connectivity index (χ0) is 19.0. The highest BCUT2D eigenvalue weighted by atomic mass is 16.5. The molecule has 0 bridgehead atoms. The molecule has 0 spiro atoms. The van der Waals surface area contributed by atoms with Gasteiger partial charge in [0.25, 0.3) is 5.91 Å². The van der Waals surface area contributed by atoms with E-state index in [0.717, 1.165) is 18.4 Å². The molecule has 7 nitrogen and oxygen atoms in total. The number of nitrogens with zero attached hydrogens (tertiary/aromatic N) is 3. The van der Waals surface area contributed by atoms with Crippen LogP contribution in [-0.2, 0) is 4.79 Å². The van der Waals surface area contributed by atoms with Crippen LogP contribution in [0.4, 0.5) is 5.88 Å². The fraction of sp³-hybridized carbons (Fsp3) is 0.450. The Labute approximate surface area is 158 Å². The molecule has 2 aromatic rings. The van der Waals surface area contributed by atoms with Crippen LogP contribution in [0, 0.1) is 6.92 Å². The largest absolute Gasteiger partial charge is 0.367 e. The molecule has 142 valence electrons. The Morgan fingerprint density at radius 1 is 1.26 bits per heavy atom. The van der Waals surface area contributed by atoms with Gasteiger partial charge in [0.15, 0.2) is 0 Å². The summed E-state index contributed by atoms with van der Waals surface area (Å²) in [6, 6.07) is 7.59. The molecule has 7 heteroatoms. The summed E-state index contributed by atoms with van der Waals surface area (Å²) in [5, 5.41) is 3.87. The first-order valence-electron chi connectivity index (χ1n) is 9.45. The van der Waals surface area contributed by atoms with Crippen molar-refractivity contribution < 1.29 is 14.1 Å². The zero-order valence-electron chi connectivity index (χ0n) is 15.5. The molecule has 2 aliphatic rings. The Balaban J connectivity index is 1.50. The second-order valence-electron chi connectivity index (χ2n) is 7.34. The van der Waals surface area contributed by atoms with Crippen molar-refractivity contribution >= 4 is 17.7 Å². The van der Waals surface area contributed by atoms with Crippen molar-refractivity contribution in [3.05, 3.63) is 35.5 Å². The Morgan fingerprint density at radius 3 is 2.70 bits per heavy atom. The summed E-state index contributed by atoms with van der Waals surface area (Å²) in [5.41, 5.74) is 8.56. The first-order chi connectivity index (χ1) is 13.0. The van der Waals surface area contributed by atoms with Gasteiger partial charge in [0.05, 0.1) is 11.3 Å². The number of carbonyl (C=O) groups excluding carboxylic acids is 2. The van der Waals surface area contributed by atoms with E-state index in [1.54, 1.807) is 17.0 Å². The second-order valence-corrected chi connectivity index (χ2v) is 7.34. The van der Waals surface area contributed by atoms with Gasteiger partial charge in [0, 0.05) is 24.7 Å². The quantitative estimate of drug-likeness (QED) is 0.898. The van der Waals surface area contributed by atoms with Gasteiger partial charge in [-0.15, -0.1) is 0 Å². The van der Waals surface area contributed by atoms with Crippen molar-refractivity contribution in [3.63, 3.8) is 0 Å². The Kier molecular flexibility index (Phi) is 4.59. The van der Waals surface area contributed by atoms with Crippen LogP contribution in [0.15, 0.2) is 28.8 Å². The topological polar surface area (TPSA) is 92.7 Å². The van der Waals surface area contributed by atoms with Gasteiger partial charge in [-0.1, -0.05) is 30.1 Å². The van der Waals surface area contributed by atoms with Gasteiger partial charge < -0.3 is 20.1 Å². The van der Waals surface area contributed by atoms with Crippen molar-refractivity contribution in [2.75, 3.05) is 25.4 Å². The van der Waals surface area contributed by atoms with E-state index >= 15 is 0 Å². The maximum atomic E-state index is 12.9. The van der Waals surface area contributed by atoms with Gasteiger partial charge in [-0.25, -0.2) is 0 Å². The van der Waals surface area contributed by atoms with Crippen molar-refractivity contribution in [2.24, 2.45) is 0 Å². The standard InChI is InChI=1S/C20H24N4O3/c1-13-18(19(21)27-22-13)14-5-4-6-15(11-14)20(26)23-9-10-24(17(25)12-23)16-7-2-3-8-16/h4-6,11,16H,2-3,7-10,12,21H2,1H3. The van der Waals surface area contributed by atoms with E-state index in [1.807, 2.05) is 24.0 Å². The first kappa shape index (κ1) is 17.6. The lowest BCUT2D eigenvalue weighted by Gasteiger charge is -2.37. The number of rotatable bonds is 3. The minimum Gasteiger partial charge on any atom is -0.367 e. The summed E-state index contributed by atoms with van der Waals surface area (Å²) in [7, 11) is 0. The van der Waals surface area contributed by atoms with Crippen molar-refractivity contribution in [3.8, 4) is 11.1 Å². The van der Waals surface area contributed by atoms with Crippen LogP contribution >= 0.6 is 0 Å². The maximum Gasteiger partial charge on any atom is 0.254 e. The number of nitrogens with two attached hydrogens (primary N) is 1. The minimum atomic E-state index is -0.135. The van der Waals surface area contributed by atoms with E-state index in [4.69, 9.17) is 10.3 Å². The highest BCUT2D eigenvalue weighted by Gasteiger charge is 2.33. The molecule has 1 aromatic carbocycles. The van der Waals surface area contributed by atoms with E-state index in [-0.39, 0.29) is 24.2 Å². The number of piperazine rings is 1. The van der Waals surface area contributed by atoms with Crippen LogP contribution in [-0.4, -0.2) is 52.4 Å². The summed E-state index contributed by atoms with van der Waals surface area (Å²) >= 11 is 0. The number of hydrogen-bond acceptors (Lipinski definition) is 5. The monoisotopic (exact) mass is 368 g/mol. The molecular formula is C20H24N4O3. The zero-order valence-corrected chi connectivity index (χ0v) is 15.5. The number of aryl methyl sites for hydroxylation is 1. The predicted molar refractivity (Wildman–Crippen MR) is 101 cm³/mol. The van der Waals surface area contributed by atoms with E-state index in [2.05, 4.69) is 5.16 Å². The third kappa shape index (κ3) is 3.29. The third-order valence-electron chi connectivity index (χ3n) is 5.60. The van der Waals surface area contributed by atoms with Crippen molar-refractivity contribution in [2.45, 2.75) is 38.6 Å². The number of hydrogen-bond donors (Lipinski definition) is 1. The van der Waals surface area contributed by atoms with Crippen LogP contribution in [0.1, 0.15) is 41.7 Å². The van der Waals surface area contributed by atoms with Gasteiger partial charge in [-0.05, 0) is 37.5 Å². The molecule has 2 fully saturated rings. The highest BCUT2D eigenvalue weighted by Crippen LogP contribution is 2.30. The molecule has 1 aliphatic heterocycles. The molecule has 1 aromatic heterocycles. The summed E-state index contributed by atoms with van der Waals surface area (Å²) in [5.74, 6) is 0.151. The molecule has 2 heterocycles. The SMILES string of the molecule is Cc1noc(N)c1-c1cccc(C(=O)N2CCN(C3CCCC3)C(=O)C2)c1. The van der Waals surface area contributed by atoms with Crippen LogP contribution in [0.2, 0.25) is 0 Å². The van der Waals surface area contributed by atoms with Gasteiger partial charge in [-0.3, -0.25) is 9.59 Å². The lowest BCUT2D eigenvalue weighted by atomic mass is 10.0. The number of nitrogen functional groups attached to an aromatic ring is 1. The van der Waals surface area contributed by atoms with Gasteiger partial charge in [0.1, 0.15) is 6.54 Å². The smallest absolute Gasteiger partial charge is 0.254 e. The predicted octanol–water partition coefficient (Wildman–Crippen LogP) is 2.46. The van der Waals surface area contributed by atoms with Crippen molar-refractivity contribution in [1.82, 2.24) is 15.0 Å². The molecule has 0 unspecified atom stereocenters. The number of aromatic nitrogens is 1. The summed E-state index contributed by atoms with van der Waals surface area (Å²) < 4.78 is 5.02. The Hall–Kier alpha value is -2.83. The second kappa shape index (κ2) is 7.06. The average Bonchev–Trinajstić information content (AvgIpc) is 3.31. The maximum absolute atomic E-state index is 12.9. The van der Waals surface area contributed by atoms with Crippen molar-refractivity contribution in [1.29, 1.82) is 0 Å². The molecule has 0 atom stereocenters. The van der Waals surface area contributed by atoms with E-state index in [1.165, 1.54) is 12.8 Å². The van der Waals surface area contributed by atoms with Crippen LogP contribution in [0.5, 0.6) is 0 Å². The molecule has 1 aliphatic carbocycles. The van der Waals surface area contributed by atoms with Crippen LogP contribution in [0.25, 0.3) is 11.1 Å². The number of benzene rings is 1. The van der Waals surface area contributed by atoms with Gasteiger partial charge >= 0.3 is 0 Å². The highest BCUT2D eigenvalue weighted by molar-refractivity contribution is 5.98. The van der Waals surface area contributed by atoms with Gasteiger partial charge in [0.2, 0.25) is 11.8 Å². The summed E-state index contributed by atoms with van der Waals surface area (Å²) in [4.78, 5) is 29.1.